The van der Waals surface area contributed by atoms with Gasteiger partial charge in [-0.1, -0.05) is 29.3 Å². The summed E-state index contributed by atoms with van der Waals surface area (Å²) in [5, 5.41) is 9.59. The van der Waals surface area contributed by atoms with Crippen LogP contribution in [-0.2, 0) is 20.7 Å². The Labute approximate surface area is 127 Å². The molecule has 0 bridgehead atoms. The third kappa shape index (κ3) is 5.00. The first-order valence-electron chi connectivity index (χ1n) is 5.87. The summed E-state index contributed by atoms with van der Waals surface area (Å²) in [4.78, 5) is 24.1. The Morgan fingerprint density at radius 2 is 1.90 bits per heavy atom. The molecule has 1 aromatic carbocycles. The number of carboxylic acid groups (broad SMARTS) is 1. The second-order valence-electron chi connectivity index (χ2n) is 4.08. The van der Waals surface area contributed by atoms with E-state index in [-0.39, 0.29) is 32.0 Å². The summed E-state index contributed by atoms with van der Waals surface area (Å²) in [7, 11) is 1.48. The zero-order valence-corrected chi connectivity index (χ0v) is 12.4. The number of carboxylic acids is 1. The summed E-state index contributed by atoms with van der Waals surface area (Å²) in [6, 6.07) is 4.94. The molecule has 0 radical (unpaired) electrons. The van der Waals surface area contributed by atoms with Crippen molar-refractivity contribution in [3.8, 4) is 0 Å². The molecule has 0 saturated heterocycles. The smallest absolute Gasteiger partial charge is 0.323 e. The number of aliphatic carboxylic acids is 1. The largest absolute Gasteiger partial charge is 0.480 e. The Morgan fingerprint density at radius 1 is 1.30 bits per heavy atom. The van der Waals surface area contributed by atoms with Crippen LogP contribution in [0.2, 0.25) is 10.0 Å². The second kappa shape index (κ2) is 8.09. The van der Waals surface area contributed by atoms with Gasteiger partial charge in [0.05, 0.1) is 13.0 Å². The molecule has 0 fully saturated rings. The van der Waals surface area contributed by atoms with E-state index in [2.05, 4.69) is 0 Å². The Balaban J connectivity index is 2.81. The predicted molar refractivity (Wildman–Crippen MR) is 76.3 cm³/mol. The molecule has 1 N–H and O–H groups in total. The lowest BCUT2D eigenvalue weighted by Crippen LogP contribution is -2.39. The SMILES string of the molecule is COCCN(CC(=O)O)C(=O)Cc1c(Cl)cccc1Cl. The van der Waals surface area contributed by atoms with Crippen molar-refractivity contribution in [2.24, 2.45) is 0 Å². The van der Waals surface area contributed by atoms with Crippen LogP contribution in [0.1, 0.15) is 5.56 Å². The number of benzene rings is 1. The summed E-state index contributed by atoms with van der Waals surface area (Å²) >= 11 is 12.0. The van der Waals surface area contributed by atoms with Crippen LogP contribution in [0.15, 0.2) is 18.2 Å². The first kappa shape index (κ1) is 16.8. The van der Waals surface area contributed by atoms with Gasteiger partial charge in [0, 0.05) is 23.7 Å². The van der Waals surface area contributed by atoms with Crippen molar-refractivity contribution in [3.05, 3.63) is 33.8 Å². The predicted octanol–water partition coefficient (Wildman–Crippen LogP) is 2.10. The van der Waals surface area contributed by atoms with Crippen molar-refractivity contribution in [3.63, 3.8) is 0 Å². The van der Waals surface area contributed by atoms with Gasteiger partial charge in [0.2, 0.25) is 5.91 Å². The van der Waals surface area contributed by atoms with E-state index in [0.717, 1.165) is 0 Å². The van der Waals surface area contributed by atoms with Crippen LogP contribution in [0.25, 0.3) is 0 Å². The van der Waals surface area contributed by atoms with Crippen molar-refractivity contribution in [2.45, 2.75) is 6.42 Å². The molecule has 20 heavy (non-hydrogen) atoms. The maximum atomic E-state index is 12.1. The molecule has 0 aliphatic carbocycles. The molecular weight excluding hydrogens is 305 g/mol. The minimum absolute atomic E-state index is 0.0461. The highest BCUT2D eigenvalue weighted by Crippen LogP contribution is 2.25. The van der Waals surface area contributed by atoms with Crippen molar-refractivity contribution in [1.29, 1.82) is 0 Å². The highest BCUT2D eigenvalue weighted by molar-refractivity contribution is 6.36. The molecule has 1 amide bonds. The Kier molecular flexibility index (Phi) is 6.78. The number of carbonyl (C=O) groups excluding carboxylic acids is 1. The molecule has 0 heterocycles. The lowest BCUT2D eigenvalue weighted by molar-refractivity contribution is -0.144. The average molecular weight is 320 g/mol. The first-order chi connectivity index (χ1) is 9.45. The molecule has 0 aliphatic rings. The normalized spacial score (nSPS) is 10.3. The number of carbonyl (C=O) groups is 2. The van der Waals surface area contributed by atoms with Crippen LogP contribution >= 0.6 is 23.2 Å². The van der Waals surface area contributed by atoms with E-state index in [1.54, 1.807) is 18.2 Å². The van der Waals surface area contributed by atoms with Gasteiger partial charge in [-0.05, 0) is 17.7 Å². The summed E-state index contributed by atoms with van der Waals surface area (Å²) < 4.78 is 4.86. The number of halogens is 2. The molecule has 7 heteroatoms. The molecule has 0 saturated carbocycles. The van der Waals surface area contributed by atoms with Gasteiger partial charge < -0.3 is 14.7 Å². The van der Waals surface area contributed by atoms with Gasteiger partial charge in [0.25, 0.3) is 0 Å². The Morgan fingerprint density at radius 3 is 2.40 bits per heavy atom. The quantitative estimate of drug-likeness (QED) is 0.835. The maximum absolute atomic E-state index is 12.1. The molecule has 0 unspecified atom stereocenters. The monoisotopic (exact) mass is 319 g/mol. The van der Waals surface area contributed by atoms with Gasteiger partial charge in [-0.25, -0.2) is 0 Å². The number of hydrogen-bond donors (Lipinski definition) is 1. The molecule has 0 aromatic heterocycles. The van der Waals surface area contributed by atoms with Gasteiger partial charge in [0.15, 0.2) is 0 Å². The second-order valence-corrected chi connectivity index (χ2v) is 4.89. The number of ether oxygens (including phenoxy) is 1. The minimum atomic E-state index is -1.08. The van der Waals surface area contributed by atoms with Gasteiger partial charge in [-0.2, -0.15) is 0 Å². The fourth-order valence-electron chi connectivity index (χ4n) is 1.62. The van der Waals surface area contributed by atoms with Crippen LogP contribution in [0, 0.1) is 0 Å². The van der Waals surface area contributed by atoms with Crippen LogP contribution in [0.3, 0.4) is 0 Å². The van der Waals surface area contributed by atoms with Crippen molar-refractivity contribution in [1.82, 2.24) is 4.90 Å². The Bertz CT molecular complexity index is 473. The van der Waals surface area contributed by atoms with Gasteiger partial charge in [-0.15, -0.1) is 0 Å². The van der Waals surface area contributed by atoms with Crippen molar-refractivity contribution < 1.29 is 19.4 Å². The number of amides is 1. The highest BCUT2D eigenvalue weighted by atomic mass is 35.5. The van der Waals surface area contributed by atoms with Gasteiger partial charge >= 0.3 is 5.97 Å². The van der Waals surface area contributed by atoms with E-state index in [4.69, 9.17) is 33.0 Å². The van der Waals surface area contributed by atoms with E-state index >= 15 is 0 Å². The zero-order valence-electron chi connectivity index (χ0n) is 10.9. The third-order valence-corrected chi connectivity index (χ3v) is 3.34. The van der Waals surface area contributed by atoms with Crippen molar-refractivity contribution in [2.75, 3.05) is 26.8 Å². The lowest BCUT2D eigenvalue weighted by atomic mass is 10.1. The first-order valence-corrected chi connectivity index (χ1v) is 6.62. The fraction of sp³-hybridized carbons (Fsp3) is 0.385. The minimum Gasteiger partial charge on any atom is -0.480 e. The van der Waals surface area contributed by atoms with E-state index in [1.165, 1.54) is 12.0 Å². The average Bonchev–Trinajstić information content (AvgIpc) is 2.38. The fourth-order valence-corrected chi connectivity index (χ4v) is 2.15. The molecular formula is C13H15Cl2NO4. The topological polar surface area (TPSA) is 66.8 Å². The molecule has 110 valence electrons. The summed E-state index contributed by atoms with van der Waals surface area (Å²) in [5.41, 5.74) is 0.494. The van der Waals surface area contributed by atoms with Gasteiger partial charge in [0.1, 0.15) is 6.54 Å². The molecule has 5 nitrogen and oxygen atoms in total. The lowest BCUT2D eigenvalue weighted by Gasteiger charge is -2.20. The van der Waals surface area contributed by atoms with E-state index in [0.29, 0.717) is 15.6 Å². The molecule has 0 aliphatic heterocycles. The van der Waals surface area contributed by atoms with Crippen LogP contribution in [0.5, 0.6) is 0 Å². The Hall–Kier alpha value is -1.30. The van der Waals surface area contributed by atoms with Crippen LogP contribution < -0.4 is 0 Å². The van der Waals surface area contributed by atoms with E-state index in [1.807, 2.05) is 0 Å². The maximum Gasteiger partial charge on any atom is 0.323 e. The number of methoxy groups -OCH3 is 1. The molecule has 0 atom stereocenters. The molecule has 0 spiro atoms. The number of hydrogen-bond acceptors (Lipinski definition) is 3. The van der Waals surface area contributed by atoms with Crippen molar-refractivity contribution >= 4 is 35.1 Å². The standard InChI is InChI=1S/C13H15Cl2NO4/c1-20-6-5-16(8-13(18)19)12(17)7-9-10(14)3-2-4-11(9)15/h2-4H,5-8H2,1H3,(H,18,19). The number of rotatable bonds is 7. The van der Waals surface area contributed by atoms with Gasteiger partial charge in [-0.3, -0.25) is 9.59 Å². The molecule has 1 rings (SSSR count). The molecule has 1 aromatic rings. The third-order valence-electron chi connectivity index (χ3n) is 2.63. The summed E-state index contributed by atoms with van der Waals surface area (Å²) in [5.74, 6) is -1.45. The van der Waals surface area contributed by atoms with Crippen LogP contribution in [0.4, 0.5) is 0 Å². The number of nitrogens with zero attached hydrogens (tertiary/aromatic N) is 1. The van der Waals surface area contributed by atoms with Crippen LogP contribution in [-0.4, -0.2) is 48.7 Å². The summed E-state index contributed by atoms with van der Waals surface area (Å²) in [6.45, 7) is 0.0727. The van der Waals surface area contributed by atoms with E-state index < -0.39 is 5.97 Å². The zero-order chi connectivity index (χ0) is 15.1. The highest BCUT2D eigenvalue weighted by Gasteiger charge is 2.19. The summed E-state index contributed by atoms with van der Waals surface area (Å²) in [6.07, 6.45) is -0.0461. The van der Waals surface area contributed by atoms with E-state index in [9.17, 15) is 9.59 Å².